The van der Waals surface area contributed by atoms with E-state index < -0.39 is 0 Å². The molecule has 0 fully saturated rings. The van der Waals surface area contributed by atoms with Crippen LogP contribution in [0.15, 0.2) is 24.1 Å². The van der Waals surface area contributed by atoms with Crippen LogP contribution in [0.5, 0.6) is 0 Å². The Morgan fingerprint density at radius 1 is 1.29 bits per heavy atom. The lowest BCUT2D eigenvalue weighted by atomic mass is 10.2. The molecule has 0 spiro atoms. The number of carbonyl (C=O) groups is 1. The molecule has 0 aromatic carbocycles. The van der Waals surface area contributed by atoms with Crippen molar-refractivity contribution in [1.82, 2.24) is 0 Å². The summed E-state index contributed by atoms with van der Waals surface area (Å²) in [6.45, 7) is 17.7. The van der Waals surface area contributed by atoms with E-state index in [0.717, 1.165) is 4.91 Å². The lowest BCUT2D eigenvalue weighted by Crippen LogP contribution is -1.92. The van der Waals surface area contributed by atoms with Crippen molar-refractivity contribution < 1.29 is 4.79 Å². The van der Waals surface area contributed by atoms with Gasteiger partial charge in [0.15, 0.2) is 5.12 Å². The van der Waals surface area contributed by atoms with Crippen LogP contribution in [-0.4, -0.2) is 5.12 Å². The van der Waals surface area contributed by atoms with Gasteiger partial charge in [0.05, 0.1) is 0 Å². The summed E-state index contributed by atoms with van der Waals surface area (Å²) in [5.41, 5.74) is 0. The summed E-state index contributed by atoms with van der Waals surface area (Å²) in [7, 11) is 0. The lowest BCUT2D eigenvalue weighted by molar-refractivity contribution is -0.109. The average molecular weight is 216 g/mol. The van der Waals surface area contributed by atoms with E-state index >= 15 is 0 Å². The molecule has 0 heterocycles. The van der Waals surface area contributed by atoms with Gasteiger partial charge in [0.1, 0.15) is 0 Å². The first-order chi connectivity index (χ1) is 6.57. The standard InChI is InChI=1S/C8H14OS.C2H6.C2H4/c1-5-8(6(2)3)10-7(4)9;2*1-2/h5-6H,1-4H3;1-2H3;1-2H2/b8-5-;;. The van der Waals surface area contributed by atoms with E-state index in [1.165, 1.54) is 11.8 Å². The van der Waals surface area contributed by atoms with Crippen molar-refractivity contribution >= 4 is 16.9 Å². The van der Waals surface area contributed by atoms with Gasteiger partial charge in [-0.05, 0) is 17.7 Å². The summed E-state index contributed by atoms with van der Waals surface area (Å²) >= 11 is 1.33. The highest BCUT2D eigenvalue weighted by atomic mass is 32.2. The van der Waals surface area contributed by atoms with E-state index in [-0.39, 0.29) is 5.12 Å². The minimum Gasteiger partial charge on any atom is -0.287 e. The predicted molar refractivity (Wildman–Crippen MR) is 69.5 cm³/mol. The first-order valence-corrected chi connectivity index (χ1v) is 5.74. The highest BCUT2D eigenvalue weighted by Crippen LogP contribution is 2.23. The molecular weight excluding hydrogens is 192 g/mol. The monoisotopic (exact) mass is 216 g/mol. The van der Waals surface area contributed by atoms with Crippen LogP contribution < -0.4 is 0 Å². The van der Waals surface area contributed by atoms with Crippen molar-refractivity contribution in [3.8, 4) is 0 Å². The van der Waals surface area contributed by atoms with E-state index in [1.54, 1.807) is 6.92 Å². The number of hydrogen-bond donors (Lipinski definition) is 0. The molecule has 14 heavy (non-hydrogen) atoms. The molecule has 2 heteroatoms. The Hall–Kier alpha value is -0.500. The molecule has 0 aromatic rings. The number of thioether (sulfide) groups is 1. The van der Waals surface area contributed by atoms with E-state index in [4.69, 9.17) is 0 Å². The summed E-state index contributed by atoms with van der Waals surface area (Å²) < 4.78 is 0. The highest BCUT2D eigenvalue weighted by molar-refractivity contribution is 8.16. The van der Waals surface area contributed by atoms with Gasteiger partial charge in [0.25, 0.3) is 0 Å². The molecule has 0 aromatic heterocycles. The van der Waals surface area contributed by atoms with Crippen molar-refractivity contribution in [2.24, 2.45) is 5.92 Å². The van der Waals surface area contributed by atoms with Gasteiger partial charge in [-0.3, -0.25) is 4.79 Å². The highest BCUT2D eigenvalue weighted by Gasteiger charge is 2.04. The maximum Gasteiger partial charge on any atom is 0.190 e. The Morgan fingerprint density at radius 2 is 1.64 bits per heavy atom. The molecule has 0 N–H and O–H groups in total. The van der Waals surface area contributed by atoms with Crippen molar-refractivity contribution in [2.75, 3.05) is 0 Å². The van der Waals surface area contributed by atoms with Gasteiger partial charge in [-0.1, -0.05) is 45.5 Å². The first-order valence-electron chi connectivity index (χ1n) is 4.92. The Bertz CT molecular complexity index is 160. The van der Waals surface area contributed by atoms with Crippen molar-refractivity contribution in [3.05, 3.63) is 24.1 Å². The van der Waals surface area contributed by atoms with Crippen molar-refractivity contribution in [2.45, 2.75) is 41.5 Å². The molecular formula is C12H24OS. The van der Waals surface area contributed by atoms with Gasteiger partial charge < -0.3 is 0 Å². The number of carbonyl (C=O) groups excluding carboxylic acids is 1. The Kier molecular flexibility index (Phi) is 20.5. The number of rotatable bonds is 2. The minimum atomic E-state index is 0.168. The van der Waals surface area contributed by atoms with Gasteiger partial charge in [-0.25, -0.2) is 0 Å². The van der Waals surface area contributed by atoms with Crippen molar-refractivity contribution in [3.63, 3.8) is 0 Å². The second-order valence-corrected chi connectivity index (χ2v) is 3.69. The fourth-order valence-electron chi connectivity index (χ4n) is 0.676. The van der Waals surface area contributed by atoms with Crippen LogP contribution in [0.3, 0.4) is 0 Å². The van der Waals surface area contributed by atoms with Crippen LogP contribution in [0.2, 0.25) is 0 Å². The lowest BCUT2D eigenvalue weighted by Gasteiger charge is -2.06. The van der Waals surface area contributed by atoms with Crippen molar-refractivity contribution in [1.29, 1.82) is 0 Å². The molecule has 0 aliphatic carbocycles. The molecule has 0 bridgehead atoms. The molecule has 0 radical (unpaired) electrons. The largest absolute Gasteiger partial charge is 0.287 e. The zero-order valence-corrected chi connectivity index (χ0v) is 11.2. The molecule has 1 nitrogen and oxygen atoms in total. The van der Waals surface area contributed by atoms with Gasteiger partial charge in [-0.2, -0.15) is 0 Å². The summed E-state index contributed by atoms with van der Waals surface area (Å²) in [4.78, 5) is 11.8. The van der Waals surface area contributed by atoms with Gasteiger partial charge in [-0.15, -0.1) is 13.2 Å². The average Bonchev–Trinajstić information content (AvgIpc) is 2.19. The van der Waals surface area contributed by atoms with E-state index in [1.807, 2.05) is 26.8 Å². The third-order valence-corrected chi connectivity index (χ3v) is 2.35. The Labute approximate surface area is 93.7 Å². The summed E-state index contributed by atoms with van der Waals surface area (Å²) in [6, 6.07) is 0. The van der Waals surface area contributed by atoms with Gasteiger partial charge in [0, 0.05) is 6.92 Å². The smallest absolute Gasteiger partial charge is 0.190 e. The van der Waals surface area contributed by atoms with Crippen LogP contribution in [0, 0.1) is 5.92 Å². The van der Waals surface area contributed by atoms with Gasteiger partial charge >= 0.3 is 0 Å². The van der Waals surface area contributed by atoms with Gasteiger partial charge in [0.2, 0.25) is 0 Å². The quantitative estimate of drug-likeness (QED) is 0.625. The Morgan fingerprint density at radius 3 is 1.71 bits per heavy atom. The normalized spacial score (nSPS) is 9.50. The number of allylic oxidation sites excluding steroid dienone is 2. The summed E-state index contributed by atoms with van der Waals surface area (Å²) in [5, 5.41) is 0.168. The zero-order chi connectivity index (χ0) is 12.1. The fourth-order valence-corrected chi connectivity index (χ4v) is 1.36. The third-order valence-electron chi connectivity index (χ3n) is 1.12. The Balaban J connectivity index is -0.000000266. The molecule has 0 saturated heterocycles. The molecule has 84 valence electrons. The summed E-state index contributed by atoms with van der Waals surface area (Å²) in [6.07, 6.45) is 2.00. The molecule has 0 saturated carbocycles. The SMILES string of the molecule is C/C=C(\SC(C)=O)C(C)C.C=C.CC. The predicted octanol–water partition coefficient (Wildman–Crippen LogP) is 4.65. The van der Waals surface area contributed by atoms with Crippen LogP contribution in [0.1, 0.15) is 41.5 Å². The maximum atomic E-state index is 10.6. The van der Waals surface area contributed by atoms with Crippen LogP contribution in [-0.2, 0) is 4.79 Å². The first kappa shape index (κ1) is 19.1. The second kappa shape index (κ2) is 15.0. The zero-order valence-electron chi connectivity index (χ0n) is 10.4. The van der Waals surface area contributed by atoms with E-state index in [2.05, 4.69) is 27.0 Å². The molecule has 0 aliphatic heterocycles. The van der Waals surface area contributed by atoms with E-state index in [0.29, 0.717) is 5.92 Å². The molecule has 0 amide bonds. The number of hydrogen-bond acceptors (Lipinski definition) is 2. The molecule has 0 unspecified atom stereocenters. The molecule has 0 aliphatic rings. The third kappa shape index (κ3) is 14.0. The fraction of sp³-hybridized carbons (Fsp3) is 0.583. The molecule has 0 atom stereocenters. The van der Waals surface area contributed by atoms with Crippen LogP contribution >= 0.6 is 11.8 Å². The van der Waals surface area contributed by atoms with E-state index in [9.17, 15) is 4.79 Å². The molecule has 0 rings (SSSR count). The second-order valence-electron chi connectivity index (χ2n) is 2.44. The minimum absolute atomic E-state index is 0.168. The summed E-state index contributed by atoms with van der Waals surface area (Å²) in [5.74, 6) is 0.471. The van der Waals surface area contributed by atoms with Crippen LogP contribution in [0.4, 0.5) is 0 Å². The maximum absolute atomic E-state index is 10.6. The topological polar surface area (TPSA) is 17.1 Å². The van der Waals surface area contributed by atoms with Crippen LogP contribution in [0.25, 0.3) is 0 Å².